The molecule has 0 spiro atoms. The van der Waals surface area contributed by atoms with Crippen LogP contribution >= 0.6 is 15.9 Å². The average Bonchev–Trinajstić information content (AvgIpc) is 3.05. The van der Waals surface area contributed by atoms with Gasteiger partial charge in [0.15, 0.2) is 0 Å². The van der Waals surface area contributed by atoms with E-state index in [9.17, 15) is 0 Å². The fraction of sp³-hybridized carbons (Fsp3) is 0.583. The van der Waals surface area contributed by atoms with Crippen molar-refractivity contribution >= 4 is 21.7 Å². The summed E-state index contributed by atoms with van der Waals surface area (Å²) in [6.07, 6.45) is 4.57. The van der Waals surface area contributed by atoms with Crippen LogP contribution in [-0.2, 0) is 0 Å². The van der Waals surface area contributed by atoms with E-state index in [-0.39, 0.29) is 0 Å². The van der Waals surface area contributed by atoms with Crippen molar-refractivity contribution in [2.24, 2.45) is 5.92 Å². The second-order valence-corrected chi connectivity index (χ2v) is 5.53. The van der Waals surface area contributed by atoms with Gasteiger partial charge in [0.1, 0.15) is 5.82 Å². The van der Waals surface area contributed by atoms with Gasteiger partial charge >= 0.3 is 0 Å². The van der Waals surface area contributed by atoms with Crippen LogP contribution in [0.2, 0.25) is 0 Å². The third kappa shape index (κ3) is 3.19. The van der Waals surface area contributed by atoms with E-state index in [1.54, 1.807) is 0 Å². The number of hydrogen-bond donors (Lipinski definition) is 1. The Hall–Kier alpha value is -0.610. The molecule has 1 heterocycles. The van der Waals surface area contributed by atoms with Crippen molar-refractivity contribution in [1.29, 1.82) is 0 Å². The molecule has 2 rings (SSSR count). The number of nitrogens with one attached hydrogen (secondary N) is 1. The van der Waals surface area contributed by atoms with Gasteiger partial charge in [0.2, 0.25) is 0 Å². The Kier molecular flexibility index (Phi) is 3.82. The number of rotatable bonds is 5. The third-order valence-electron chi connectivity index (χ3n) is 3.05. The summed E-state index contributed by atoms with van der Waals surface area (Å²) in [6.45, 7) is 0.978. The van der Waals surface area contributed by atoms with Crippen LogP contribution in [-0.4, -0.2) is 36.6 Å². The fourth-order valence-corrected chi connectivity index (χ4v) is 2.18. The number of anilines is 1. The van der Waals surface area contributed by atoms with Gasteiger partial charge in [-0.15, -0.1) is 0 Å². The van der Waals surface area contributed by atoms with Crippen molar-refractivity contribution < 1.29 is 0 Å². The molecule has 1 aromatic heterocycles. The van der Waals surface area contributed by atoms with Gasteiger partial charge < -0.3 is 10.2 Å². The van der Waals surface area contributed by atoms with Gasteiger partial charge in [-0.3, -0.25) is 0 Å². The lowest BCUT2D eigenvalue weighted by molar-refractivity contribution is 0.276. The Labute approximate surface area is 105 Å². The van der Waals surface area contributed by atoms with Crippen molar-refractivity contribution in [2.45, 2.75) is 18.9 Å². The Morgan fingerprint density at radius 1 is 1.50 bits per heavy atom. The van der Waals surface area contributed by atoms with Crippen LogP contribution in [0, 0.1) is 5.92 Å². The van der Waals surface area contributed by atoms with E-state index in [0.717, 1.165) is 22.8 Å². The molecule has 0 saturated heterocycles. The first-order valence-corrected chi connectivity index (χ1v) is 6.48. The summed E-state index contributed by atoms with van der Waals surface area (Å²) in [5.41, 5.74) is 0. The average molecular weight is 284 g/mol. The van der Waals surface area contributed by atoms with Gasteiger partial charge in [0, 0.05) is 23.3 Å². The number of pyridine rings is 1. The molecular formula is C12H18BrN3. The molecule has 16 heavy (non-hydrogen) atoms. The highest BCUT2D eigenvalue weighted by atomic mass is 79.9. The minimum absolute atomic E-state index is 0.630. The van der Waals surface area contributed by atoms with E-state index < -0.39 is 0 Å². The molecule has 1 unspecified atom stereocenters. The lowest BCUT2D eigenvalue weighted by Crippen LogP contribution is -2.36. The zero-order valence-electron chi connectivity index (χ0n) is 9.78. The normalized spacial score (nSPS) is 17.5. The Bertz CT molecular complexity index is 331. The molecule has 1 atom stereocenters. The van der Waals surface area contributed by atoms with Gasteiger partial charge in [-0.05, 0) is 60.9 Å². The first-order chi connectivity index (χ1) is 7.66. The molecule has 0 amide bonds. The second kappa shape index (κ2) is 5.15. The van der Waals surface area contributed by atoms with Crippen LogP contribution in [0.15, 0.2) is 22.8 Å². The standard InChI is InChI=1S/C12H18BrN3/c1-16(2)11(9-3-4-9)8-15-12-6-5-10(13)7-14-12/h5-7,9,11H,3-4,8H2,1-2H3,(H,14,15). The molecule has 0 aliphatic heterocycles. The van der Waals surface area contributed by atoms with E-state index in [2.05, 4.69) is 45.2 Å². The molecule has 0 aromatic carbocycles. The second-order valence-electron chi connectivity index (χ2n) is 4.61. The van der Waals surface area contributed by atoms with E-state index >= 15 is 0 Å². The molecule has 1 fully saturated rings. The molecular weight excluding hydrogens is 266 g/mol. The summed E-state index contributed by atoms with van der Waals surface area (Å²) in [7, 11) is 4.30. The highest BCUT2D eigenvalue weighted by Crippen LogP contribution is 2.34. The molecule has 3 nitrogen and oxygen atoms in total. The first kappa shape index (κ1) is 11.9. The predicted molar refractivity (Wildman–Crippen MR) is 70.6 cm³/mol. The zero-order chi connectivity index (χ0) is 11.5. The topological polar surface area (TPSA) is 28.2 Å². The fourth-order valence-electron chi connectivity index (χ4n) is 1.94. The lowest BCUT2D eigenvalue weighted by atomic mass is 10.1. The highest BCUT2D eigenvalue weighted by Gasteiger charge is 2.32. The number of hydrogen-bond acceptors (Lipinski definition) is 3. The molecule has 1 aliphatic carbocycles. The molecule has 1 saturated carbocycles. The monoisotopic (exact) mass is 283 g/mol. The van der Waals surface area contributed by atoms with Crippen LogP contribution in [0.4, 0.5) is 5.82 Å². The number of likely N-dealkylation sites (N-methyl/N-ethyl adjacent to an activating group) is 1. The molecule has 1 N–H and O–H groups in total. The summed E-state index contributed by atoms with van der Waals surface area (Å²) < 4.78 is 1.02. The van der Waals surface area contributed by atoms with Gasteiger partial charge in [0.05, 0.1) is 0 Å². The van der Waals surface area contributed by atoms with E-state index in [4.69, 9.17) is 0 Å². The van der Waals surface area contributed by atoms with Crippen molar-refractivity contribution in [3.05, 3.63) is 22.8 Å². The number of halogens is 1. The van der Waals surface area contributed by atoms with Gasteiger partial charge in [-0.1, -0.05) is 0 Å². The number of nitrogens with zero attached hydrogens (tertiary/aromatic N) is 2. The van der Waals surface area contributed by atoms with Crippen LogP contribution in [0.1, 0.15) is 12.8 Å². The van der Waals surface area contributed by atoms with Crippen molar-refractivity contribution in [1.82, 2.24) is 9.88 Å². The van der Waals surface area contributed by atoms with Crippen LogP contribution in [0.25, 0.3) is 0 Å². The quantitative estimate of drug-likeness (QED) is 0.901. The predicted octanol–water partition coefficient (Wildman–Crippen LogP) is 2.60. The van der Waals surface area contributed by atoms with Gasteiger partial charge in [-0.2, -0.15) is 0 Å². The van der Waals surface area contributed by atoms with Crippen molar-refractivity contribution in [3.8, 4) is 0 Å². The molecule has 88 valence electrons. The molecule has 1 aromatic rings. The van der Waals surface area contributed by atoms with E-state index in [0.29, 0.717) is 6.04 Å². The Morgan fingerprint density at radius 2 is 2.25 bits per heavy atom. The molecule has 0 bridgehead atoms. The molecule has 1 aliphatic rings. The largest absolute Gasteiger partial charge is 0.368 e. The Morgan fingerprint density at radius 3 is 2.75 bits per heavy atom. The summed E-state index contributed by atoms with van der Waals surface area (Å²) in [4.78, 5) is 6.62. The minimum atomic E-state index is 0.630. The van der Waals surface area contributed by atoms with Gasteiger partial charge in [0.25, 0.3) is 0 Å². The SMILES string of the molecule is CN(C)C(CNc1ccc(Br)cn1)C1CC1. The van der Waals surface area contributed by atoms with Gasteiger partial charge in [-0.25, -0.2) is 4.98 Å². The van der Waals surface area contributed by atoms with Crippen LogP contribution in [0.3, 0.4) is 0 Å². The lowest BCUT2D eigenvalue weighted by Gasteiger charge is -2.24. The summed E-state index contributed by atoms with van der Waals surface area (Å²) in [5, 5.41) is 3.40. The molecule has 0 radical (unpaired) electrons. The van der Waals surface area contributed by atoms with Crippen molar-refractivity contribution in [2.75, 3.05) is 26.0 Å². The smallest absolute Gasteiger partial charge is 0.126 e. The van der Waals surface area contributed by atoms with E-state index in [1.807, 2.05) is 18.3 Å². The summed E-state index contributed by atoms with van der Waals surface area (Å²) >= 11 is 3.38. The maximum Gasteiger partial charge on any atom is 0.126 e. The highest BCUT2D eigenvalue weighted by molar-refractivity contribution is 9.10. The first-order valence-electron chi connectivity index (χ1n) is 5.68. The van der Waals surface area contributed by atoms with Crippen LogP contribution in [0.5, 0.6) is 0 Å². The maximum atomic E-state index is 4.31. The van der Waals surface area contributed by atoms with E-state index in [1.165, 1.54) is 12.8 Å². The van der Waals surface area contributed by atoms with Crippen LogP contribution < -0.4 is 5.32 Å². The zero-order valence-corrected chi connectivity index (χ0v) is 11.4. The maximum absolute atomic E-state index is 4.31. The third-order valence-corrected chi connectivity index (χ3v) is 3.52. The van der Waals surface area contributed by atoms with Crippen molar-refractivity contribution in [3.63, 3.8) is 0 Å². The number of aromatic nitrogens is 1. The Balaban J connectivity index is 1.87. The summed E-state index contributed by atoms with van der Waals surface area (Å²) in [5.74, 6) is 1.83. The minimum Gasteiger partial charge on any atom is -0.368 e. The molecule has 4 heteroatoms. The summed E-state index contributed by atoms with van der Waals surface area (Å²) in [6, 6.07) is 4.64.